The highest BCUT2D eigenvalue weighted by Crippen LogP contribution is 2.29. The van der Waals surface area contributed by atoms with E-state index in [0.717, 1.165) is 0 Å². The van der Waals surface area contributed by atoms with Gasteiger partial charge in [-0.25, -0.2) is 0 Å². The van der Waals surface area contributed by atoms with Crippen LogP contribution in [0, 0.1) is 21.4 Å². The minimum Gasteiger partial charge on any atom is -0.357 e. The van der Waals surface area contributed by atoms with Gasteiger partial charge in [0, 0.05) is 18.2 Å². The predicted molar refractivity (Wildman–Crippen MR) is 83.6 cm³/mol. The Balaban J connectivity index is 3.08. The van der Waals surface area contributed by atoms with Crippen molar-refractivity contribution in [1.29, 1.82) is 5.26 Å². The summed E-state index contributed by atoms with van der Waals surface area (Å²) in [5.74, 6) is -0.215. The monoisotopic (exact) mass is 304 g/mol. The van der Waals surface area contributed by atoms with E-state index in [1.807, 2.05) is 33.8 Å². The van der Waals surface area contributed by atoms with Gasteiger partial charge < -0.3 is 10.2 Å². The minimum atomic E-state index is -0.541. The molecule has 0 saturated heterocycles. The molecule has 0 unspecified atom stereocenters. The Morgan fingerprint density at radius 2 is 2.09 bits per heavy atom. The maximum absolute atomic E-state index is 12.0. The molecule has 0 spiro atoms. The van der Waals surface area contributed by atoms with Gasteiger partial charge in [0.1, 0.15) is 5.69 Å². The molecule has 0 bridgehead atoms. The fourth-order valence-corrected chi connectivity index (χ4v) is 2.01. The van der Waals surface area contributed by atoms with Crippen LogP contribution in [0.5, 0.6) is 0 Å². The number of benzene rings is 1. The van der Waals surface area contributed by atoms with Gasteiger partial charge in [-0.1, -0.05) is 0 Å². The first-order valence-electron chi connectivity index (χ1n) is 6.92. The van der Waals surface area contributed by atoms with Crippen molar-refractivity contribution in [2.45, 2.75) is 33.2 Å². The number of nitrogens with one attached hydrogen (secondary N) is 1. The van der Waals surface area contributed by atoms with Crippen LogP contribution in [0.2, 0.25) is 0 Å². The Morgan fingerprint density at radius 3 is 2.55 bits per heavy atom. The number of nitro benzene ring substituents is 1. The first-order valence-corrected chi connectivity index (χ1v) is 6.92. The SMILES string of the molecule is CCN(CC(=O)NC(C)(C)C)c1ccc(C#N)cc1[N+](=O)[O-]. The highest BCUT2D eigenvalue weighted by Gasteiger charge is 2.22. The van der Waals surface area contributed by atoms with Gasteiger partial charge in [0.2, 0.25) is 5.91 Å². The molecule has 0 fully saturated rings. The van der Waals surface area contributed by atoms with E-state index in [4.69, 9.17) is 5.26 Å². The summed E-state index contributed by atoms with van der Waals surface area (Å²) in [6, 6.07) is 6.11. The second kappa shape index (κ2) is 6.89. The van der Waals surface area contributed by atoms with E-state index in [2.05, 4.69) is 5.32 Å². The molecule has 22 heavy (non-hydrogen) atoms. The maximum Gasteiger partial charge on any atom is 0.293 e. The quantitative estimate of drug-likeness (QED) is 0.664. The zero-order valence-electron chi connectivity index (χ0n) is 13.2. The zero-order valence-corrected chi connectivity index (χ0v) is 13.2. The van der Waals surface area contributed by atoms with Crippen LogP contribution in [0.15, 0.2) is 18.2 Å². The van der Waals surface area contributed by atoms with E-state index in [-0.39, 0.29) is 29.2 Å². The molecule has 7 nitrogen and oxygen atoms in total. The molecule has 1 amide bonds. The highest BCUT2D eigenvalue weighted by molar-refractivity contribution is 5.83. The molecular weight excluding hydrogens is 284 g/mol. The lowest BCUT2D eigenvalue weighted by molar-refractivity contribution is -0.384. The van der Waals surface area contributed by atoms with Gasteiger partial charge >= 0.3 is 0 Å². The van der Waals surface area contributed by atoms with Crippen LogP contribution in [0.4, 0.5) is 11.4 Å². The molecule has 0 atom stereocenters. The van der Waals surface area contributed by atoms with Crippen molar-refractivity contribution in [1.82, 2.24) is 5.32 Å². The number of likely N-dealkylation sites (N-methyl/N-ethyl adjacent to an activating group) is 1. The number of hydrogen-bond donors (Lipinski definition) is 1. The summed E-state index contributed by atoms with van der Waals surface area (Å²) >= 11 is 0. The Hall–Kier alpha value is -2.62. The smallest absolute Gasteiger partial charge is 0.293 e. The Kier molecular flexibility index (Phi) is 5.46. The van der Waals surface area contributed by atoms with Crippen LogP contribution in [0.3, 0.4) is 0 Å². The first kappa shape index (κ1) is 17.4. The normalized spacial score (nSPS) is 10.7. The topological polar surface area (TPSA) is 99.3 Å². The summed E-state index contributed by atoms with van der Waals surface area (Å²) in [6.07, 6.45) is 0. The van der Waals surface area contributed by atoms with Gasteiger partial charge in [-0.3, -0.25) is 14.9 Å². The third-order valence-electron chi connectivity index (χ3n) is 2.87. The average molecular weight is 304 g/mol. The third kappa shape index (κ3) is 4.74. The Labute approximate surface area is 129 Å². The third-order valence-corrected chi connectivity index (χ3v) is 2.87. The lowest BCUT2D eigenvalue weighted by atomic mass is 10.1. The molecule has 7 heteroatoms. The van der Waals surface area contributed by atoms with Gasteiger partial charge in [-0.05, 0) is 39.8 Å². The first-order chi connectivity index (χ1) is 10.2. The van der Waals surface area contributed by atoms with E-state index in [1.54, 1.807) is 4.90 Å². The molecule has 1 aromatic rings. The molecule has 0 aromatic heterocycles. The van der Waals surface area contributed by atoms with E-state index in [9.17, 15) is 14.9 Å². The van der Waals surface area contributed by atoms with E-state index >= 15 is 0 Å². The standard InChI is InChI=1S/C15H20N4O3/c1-5-18(10-14(20)17-15(2,3)4)12-7-6-11(9-16)8-13(12)19(21)22/h6-8H,5,10H2,1-4H3,(H,17,20). The second-order valence-electron chi connectivity index (χ2n) is 5.88. The molecular formula is C15H20N4O3. The fourth-order valence-electron chi connectivity index (χ4n) is 2.01. The zero-order chi connectivity index (χ0) is 16.9. The van der Waals surface area contributed by atoms with Crippen molar-refractivity contribution >= 4 is 17.3 Å². The minimum absolute atomic E-state index is 0.0144. The summed E-state index contributed by atoms with van der Waals surface area (Å²) in [5, 5.41) is 22.9. The maximum atomic E-state index is 12.0. The number of nitriles is 1. The molecule has 0 radical (unpaired) electrons. The van der Waals surface area contributed by atoms with Crippen molar-refractivity contribution in [2.75, 3.05) is 18.0 Å². The summed E-state index contributed by atoms with van der Waals surface area (Å²) < 4.78 is 0. The van der Waals surface area contributed by atoms with Crippen LogP contribution in [-0.2, 0) is 4.79 Å². The summed E-state index contributed by atoms with van der Waals surface area (Å²) in [7, 11) is 0. The molecule has 1 N–H and O–H groups in total. The van der Waals surface area contributed by atoms with Crippen molar-refractivity contribution < 1.29 is 9.72 Å². The molecule has 0 saturated carbocycles. The van der Waals surface area contributed by atoms with Gasteiger partial charge in [0.05, 0.1) is 23.1 Å². The lowest BCUT2D eigenvalue weighted by Crippen LogP contribution is -2.46. The van der Waals surface area contributed by atoms with E-state index in [0.29, 0.717) is 12.2 Å². The molecule has 0 aliphatic carbocycles. The number of amides is 1. The summed E-state index contributed by atoms with van der Waals surface area (Å²) in [5.41, 5.74) is -0.00161. The fraction of sp³-hybridized carbons (Fsp3) is 0.467. The summed E-state index contributed by atoms with van der Waals surface area (Å²) in [4.78, 5) is 24.3. The summed E-state index contributed by atoms with van der Waals surface area (Å²) in [6.45, 7) is 7.86. The molecule has 0 aliphatic heterocycles. The molecule has 0 heterocycles. The van der Waals surface area contributed by atoms with Crippen LogP contribution in [0.25, 0.3) is 0 Å². The molecule has 118 valence electrons. The number of nitro groups is 1. The number of hydrogen-bond acceptors (Lipinski definition) is 5. The van der Waals surface area contributed by atoms with Gasteiger partial charge in [0.25, 0.3) is 5.69 Å². The van der Waals surface area contributed by atoms with Crippen molar-refractivity contribution in [2.24, 2.45) is 0 Å². The highest BCUT2D eigenvalue weighted by atomic mass is 16.6. The van der Waals surface area contributed by atoms with Crippen molar-refractivity contribution in [3.63, 3.8) is 0 Å². The van der Waals surface area contributed by atoms with E-state index < -0.39 is 4.92 Å². The van der Waals surface area contributed by atoms with Gasteiger partial charge in [-0.2, -0.15) is 5.26 Å². The van der Waals surface area contributed by atoms with Gasteiger partial charge in [-0.15, -0.1) is 0 Å². The average Bonchev–Trinajstić information content (AvgIpc) is 2.42. The Morgan fingerprint density at radius 1 is 1.45 bits per heavy atom. The van der Waals surface area contributed by atoms with Gasteiger partial charge in [0.15, 0.2) is 0 Å². The second-order valence-corrected chi connectivity index (χ2v) is 5.88. The van der Waals surface area contributed by atoms with Crippen LogP contribution >= 0.6 is 0 Å². The molecule has 1 rings (SSSR count). The van der Waals surface area contributed by atoms with Crippen LogP contribution < -0.4 is 10.2 Å². The largest absolute Gasteiger partial charge is 0.357 e. The Bertz CT molecular complexity index is 614. The number of rotatable bonds is 5. The lowest BCUT2D eigenvalue weighted by Gasteiger charge is -2.26. The predicted octanol–water partition coefficient (Wildman–Crippen LogP) is 2.21. The van der Waals surface area contributed by atoms with Crippen LogP contribution in [-0.4, -0.2) is 29.5 Å². The number of carbonyl (C=O) groups excluding carboxylic acids is 1. The van der Waals surface area contributed by atoms with Crippen LogP contribution in [0.1, 0.15) is 33.3 Å². The van der Waals surface area contributed by atoms with Crippen molar-refractivity contribution in [3.05, 3.63) is 33.9 Å². The number of nitrogens with zero attached hydrogens (tertiary/aromatic N) is 3. The van der Waals surface area contributed by atoms with Crippen molar-refractivity contribution in [3.8, 4) is 6.07 Å². The number of anilines is 1. The molecule has 1 aromatic carbocycles. The molecule has 0 aliphatic rings. The van der Waals surface area contributed by atoms with E-state index in [1.165, 1.54) is 18.2 Å². The number of carbonyl (C=O) groups is 1.